The van der Waals surface area contributed by atoms with Crippen molar-refractivity contribution in [3.63, 3.8) is 0 Å². The molecule has 0 radical (unpaired) electrons. The lowest BCUT2D eigenvalue weighted by molar-refractivity contribution is 0.405. The molecule has 0 saturated heterocycles. The van der Waals surface area contributed by atoms with Crippen molar-refractivity contribution in [2.45, 2.75) is 6.42 Å². The van der Waals surface area contributed by atoms with Crippen LogP contribution in [0.15, 0.2) is 18.3 Å². The number of nitrogens with zero attached hydrogens (tertiary/aromatic N) is 2. The Balaban J connectivity index is 2.28. The van der Waals surface area contributed by atoms with Crippen LogP contribution in [0.3, 0.4) is 0 Å². The van der Waals surface area contributed by atoms with E-state index in [4.69, 9.17) is 5.73 Å². The van der Waals surface area contributed by atoms with Gasteiger partial charge in [-0.2, -0.15) is 0 Å². The fraction of sp³-hybridized carbons (Fsp3) is 0.500. The van der Waals surface area contributed by atoms with E-state index in [1.165, 1.54) is 0 Å². The summed E-state index contributed by atoms with van der Waals surface area (Å²) in [4.78, 5) is 6.16. The van der Waals surface area contributed by atoms with E-state index in [1.54, 1.807) is 6.20 Å². The summed E-state index contributed by atoms with van der Waals surface area (Å²) in [7, 11) is 4.14. The average Bonchev–Trinajstić information content (AvgIpc) is 2.15. The predicted molar refractivity (Wildman–Crippen MR) is 60.3 cm³/mol. The third kappa shape index (κ3) is 3.62. The molecule has 0 atom stereocenters. The van der Waals surface area contributed by atoms with Gasteiger partial charge in [-0.05, 0) is 39.2 Å². The molecule has 1 rings (SSSR count). The van der Waals surface area contributed by atoms with Gasteiger partial charge in [0.25, 0.3) is 0 Å². The van der Waals surface area contributed by atoms with E-state index in [0.717, 1.165) is 25.2 Å². The number of hydrogen-bond donors (Lipinski definition) is 2. The highest BCUT2D eigenvalue weighted by Crippen LogP contribution is 2.12. The number of aromatic nitrogens is 1. The number of anilines is 2. The van der Waals surface area contributed by atoms with Gasteiger partial charge in [0.15, 0.2) is 0 Å². The second-order valence-electron chi connectivity index (χ2n) is 3.52. The molecule has 3 N–H and O–H groups in total. The molecular weight excluding hydrogens is 176 g/mol. The topological polar surface area (TPSA) is 54.2 Å². The van der Waals surface area contributed by atoms with E-state index in [2.05, 4.69) is 29.3 Å². The fourth-order valence-electron chi connectivity index (χ4n) is 1.19. The van der Waals surface area contributed by atoms with Gasteiger partial charge in [0.2, 0.25) is 0 Å². The van der Waals surface area contributed by atoms with Gasteiger partial charge in [-0.3, -0.25) is 0 Å². The van der Waals surface area contributed by atoms with Gasteiger partial charge in [0.1, 0.15) is 5.82 Å². The molecule has 1 heterocycles. The first-order valence-corrected chi connectivity index (χ1v) is 4.79. The van der Waals surface area contributed by atoms with Gasteiger partial charge in [0.05, 0.1) is 5.69 Å². The average molecular weight is 194 g/mol. The van der Waals surface area contributed by atoms with Crippen LogP contribution in [0.25, 0.3) is 0 Å². The van der Waals surface area contributed by atoms with Crippen LogP contribution in [0.1, 0.15) is 6.42 Å². The Morgan fingerprint density at radius 1 is 1.50 bits per heavy atom. The van der Waals surface area contributed by atoms with Crippen LogP contribution in [0.4, 0.5) is 11.5 Å². The highest BCUT2D eigenvalue weighted by molar-refractivity contribution is 5.60. The molecule has 0 amide bonds. The number of nitrogens with two attached hydrogens (primary N) is 1. The number of nitrogen functional groups attached to an aromatic ring is 1. The van der Waals surface area contributed by atoms with Crippen LogP contribution >= 0.6 is 0 Å². The van der Waals surface area contributed by atoms with Gasteiger partial charge in [-0.25, -0.2) is 4.98 Å². The first kappa shape index (κ1) is 10.8. The minimum atomic E-state index is 0.567. The van der Waals surface area contributed by atoms with E-state index in [0.29, 0.717) is 5.82 Å². The summed E-state index contributed by atoms with van der Waals surface area (Å²) in [5.74, 6) is 0.567. The number of hydrogen-bond acceptors (Lipinski definition) is 4. The van der Waals surface area contributed by atoms with Crippen LogP contribution in [0, 0.1) is 0 Å². The Labute approximate surface area is 85.1 Å². The molecule has 78 valence electrons. The maximum Gasteiger partial charge on any atom is 0.146 e. The normalized spacial score (nSPS) is 10.5. The highest BCUT2D eigenvalue weighted by atomic mass is 15.1. The van der Waals surface area contributed by atoms with Gasteiger partial charge < -0.3 is 16.0 Å². The zero-order chi connectivity index (χ0) is 10.4. The summed E-state index contributed by atoms with van der Waals surface area (Å²) in [6.07, 6.45) is 2.79. The molecule has 1 aromatic heterocycles. The smallest absolute Gasteiger partial charge is 0.146 e. The maximum absolute atomic E-state index is 5.68. The lowest BCUT2D eigenvalue weighted by Crippen LogP contribution is -2.16. The van der Waals surface area contributed by atoms with Crippen LogP contribution in [-0.4, -0.2) is 37.1 Å². The van der Waals surface area contributed by atoms with Crippen LogP contribution < -0.4 is 11.1 Å². The van der Waals surface area contributed by atoms with E-state index in [-0.39, 0.29) is 0 Å². The van der Waals surface area contributed by atoms with Crippen LogP contribution in [0.2, 0.25) is 0 Å². The monoisotopic (exact) mass is 194 g/mol. The molecule has 0 aliphatic carbocycles. The van der Waals surface area contributed by atoms with Gasteiger partial charge in [0, 0.05) is 12.7 Å². The lowest BCUT2D eigenvalue weighted by Gasteiger charge is -2.11. The van der Waals surface area contributed by atoms with Crippen molar-refractivity contribution in [3.05, 3.63) is 18.3 Å². The first-order chi connectivity index (χ1) is 6.70. The molecule has 0 aliphatic rings. The molecule has 0 aromatic carbocycles. The van der Waals surface area contributed by atoms with E-state index < -0.39 is 0 Å². The summed E-state index contributed by atoms with van der Waals surface area (Å²) >= 11 is 0. The summed E-state index contributed by atoms with van der Waals surface area (Å²) in [5, 5.41) is 3.25. The zero-order valence-corrected chi connectivity index (χ0v) is 8.83. The fourth-order valence-corrected chi connectivity index (χ4v) is 1.19. The quantitative estimate of drug-likeness (QED) is 0.687. The number of nitrogens with one attached hydrogen (secondary N) is 1. The van der Waals surface area contributed by atoms with E-state index in [9.17, 15) is 0 Å². The molecule has 0 fully saturated rings. The summed E-state index contributed by atoms with van der Waals surface area (Å²) in [6, 6.07) is 3.82. The largest absolute Gasteiger partial charge is 0.382 e. The molecular formula is C10H18N4. The highest BCUT2D eigenvalue weighted by Gasteiger charge is 1.97. The molecule has 0 saturated carbocycles. The Hall–Kier alpha value is -1.29. The Bertz CT molecular complexity index is 273. The Kier molecular flexibility index (Phi) is 4.19. The molecule has 4 nitrogen and oxygen atoms in total. The first-order valence-electron chi connectivity index (χ1n) is 4.79. The summed E-state index contributed by atoms with van der Waals surface area (Å²) < 4.78 is 0. The maximum atomic E-state index is 5.68. The minimum absolute atomic E-state index is 0.567. The van der Waals surface area contributed by atoms with Crippen molar-refractivity contribution in [2.24, 2.45) is 0 Å². The third-order valence-corrected chi connectivity index (χ3v) is 1.94. The second kappa shape index (κ2) is 5.44. The molecule has 4 heteroatoms. The summed E-state index contributed by atoms with van der Waals surface area (Å²) in [6.45, 7) is 2.00. The van der Waals surface area contributed by atoms with E-state index >= 15 is 0 Å². The number of pyridine rings is 1. The van der Waals surface area contributed by atoms with Crippen molar-refractivity contribution in [3.8, 4) is 0 Å². The van der Waals surface area contributed by atoms with Gasteiger partial charge >= 0.3 is 0 Å². The molecule has 0 spiro atoms. The standard InChI is InChI=1S/C10H18N4/c1-14(2)8-4-7-12-9-5-3-6-13-10(9)11/h3,5-6,12H,4,7-8H2,1-2H3,(H2,11,13). The zero-order valence-electron chi connectivity index (χ0n) is 8.83. The predicted octanol–water partition coefficient (Wildman–Crippen LogP) is 1.03. The second-order valence-corrected chi connectivity index (χ2v) is 3.52. The van der Waals surface area contributed by atoms with Crippen molar-refractivity contribution in [1.29, 1.82) is 0 Å². The lowest BCUT2D eigenvalue weighted by atomic mass is 10.3. The molecule has 0 bridgehead atoms. The van der Waals surface area contributed by atoms with Crippen molar-refractivity contribution < 1.29 is 0 Å². The van der Waals surface area contributed by atoms with E-state index in [1.807, 2.05) is 12.1 Å². The van der Waals surface area contributed by atoms with Gasteiger partial charge in [-0.15, -0.1) is 0 Å². The third-order valence-electron chi connectivity index (χ3n) is 1.94. The molecule has 0 aliphatic heterocycles. The Morgan fingerprint density at radius 3 is 2.93 bits per heavy atom. The van der Waals surface area contributed by atoms with Crippen molar-refractivity contribution >= 4 is 11.5 Å². The molecule has 1 aromatic rings. The number of rotatable bonds is 5. The van der Waals surface area contributed by atoms with Crippen molar-refractivity contribution in [1.82, 2.24) is 9.88 Å². The van der Waals surface area contributed by atoms with Crippen LogP contribution in [0.5, 0.6) is 0 Å². The summed E-state index contributed by atoms with van der Waals surface area (Å²) in [5.41, 5.74) is 6.60. The van der Waals surface area contributed by atoms with Crippen LogP contribution in [-0.2, 0) is 0 Å². The van der Waals surface area contributed by atoms with Crippen molar-refractivity contribution in [2.75, 3.05) is 38.2 Å². The van der Waals surface area contributed by atoms with Gasteiger partial charge in [-0.1, -0.05) is 0 Å². The SMILES string of the molecule is CN(C)CCCNc1cccnc1N. The minimum Gasteiger partial charge on any atom is -0.382 e. The molecule has 14 heavy (non-hydrogen) atoms. The Morgan fingerprint density at radius 2 is 2.29 bits per heavy atom. The molecule has 0 unspecified atom stereocenters.